The summed E-state index contributed by atoms with van der Waals surface area (Å²) in [7, 11) is 2.17. The number of anilines is 1. The van der Waals surface area contributed by atoms with E-state index in [-0.39, 0.29) is 6.61 Å². The average molecular weight is 289 g/mol. The number of rotatable bonds is 5. The maximum absolute atomic E-state index is 8.82. The number of fused-ring (bicyclic) bond motifs is 1. The number of hydrogen-bond donors (Lipinski definition) is 2. The van der Waals surface area contributed by atoms with Crippen molar-refractivity contribution in [2.24, 2.45) is 0 Å². The lowest BCUT2D eigenvalue weighted by molar-refractivity contribution is 0.291. The molecular formula is C15H23N5O. The first kappa shape index (κ1) is 14.3. The number of nitrogens with zero attached hydrogens (tertiary/aromatic N) is 4. The van der Waals surface area contributed by atoms with Crippen molar-refractivity contribution in [1.82, 2.24) is 19.6 Å². The Morgan fingerprint density at radius 3 is 2.81 bits per heavy atom. The van der Waals surface area contributed by atoms with Crippen molar-refractivity contribution in [3.63, 3.8) is 0 Å². The molecule has 0 atom stereocenters. The van der Waals surface area contributed by atoms with Gasteiger partial charge in [0.15, 0.2) is 0 Å². The second-order valence-electron chi connectivity index (χ2n) is 5.54. The smallest absolute Gasteiger partial charge is 0.138 e. The number of piperazine rings is 1. The quantitative estimate of drug-likeness (QED) is 0.769. The number of nitrogens with one attached hydrogen (secondary N) is 1. The molecule has 1 aliphatic heterocycles. The van der Waals surface area contributed by atoms with Crippen molar-refractivity contribution >= 4 is 11.5 Å². The van der Waals surface area contributed by atoms with Gasteiger partial charge in [-0.3, -0.25) is 4.40 Å². The maximum Gasteiger partial charge on any atom is 0.138 e. The van der Waals surface area contributed by atoms with Crippen molar-refractivity contribution in [2.75, 3.05) is 51.3 Å². The van der Waals surface area contributed by atoms with Crippen molar-refractivity contribution in [2.45, 2.75) is 6.54 Å². The van der Waals surface area contributed by atoms with Gasteiger partial charge in [0.25, 0.3) is 0 Å². The first-order chi connectivity index (χ1) is 10.3. The maximum atomic E-state index is 8.82. The molecule has 2 N–H and O–H groups in total. The summed E-state index contributed by atoms with van der Waals surface area (Å²) in [6, 6.07) is 6.26. The summed E-state index contributed by atoms with van der Waals surface area (Å²) in [5.41, 5.74) is 1.98. The number of aromatic nitrogens is 2. The molecule has 1 saturated heterocycles. The third kappa shape index (κ3) is 3.18. The zero-order chi connectivity index (χ0) is 14.7. The Kier molecular flexibility index (Phi) is 4.38. The fourth-order valence-corrected chi connectivity index (χ4v) is 2.72. The van der Waals surface area contributed by atoms with Crippen molar-refractivity contribution < 1.29 is 5.11 Å². The summed E-state index contributed by atoms with van der Waals surface area (Å²) < 4.78 is 2.17. The molecule has 6 nitrogen and oxygen atoms in total. The van der Waals surface area contributed by atoms with Crippen LogP contribution in [-0.2, 0) is 6.54 Å². The molecule has 3 heterocycles. The monoisotopic (exact) mass is 289 g/mol. The molecule has 2 aromatic heterocycles. The van der Waals surface area contributed by atoms with Crippen LogP contribution in [-0.4, -0.2) is 65.8 Å². The highest BCUT2D eigenvalue weighted by molar-refractivity contribution is 5.52. The van der Waals surface area contributed by atoms with Crippen LogP contribution in [0.15, 0.2) is 24.4 Å². The normalized spacial score (nSPS) is 16.8. The lowest BCUT2D eigenvalue weighted by Crippen LogP contribution is -2.45. The standard InChI is InChI=1S/C15H23N5O/c1-18-6-8-19(9-7-18)15-4-2-3-14-17-13(12-20(14)15)11-16-5-10-21/h2-4,12,16,21H,5-11H2,1H3. The van der Waals surface area contributed by atoms with Crippen LogP contribution in [0.3, 0.4) is 0 Å². The lowest BCUT2D eigenvalue weighted by atomic mass is 10.3. The van der Waals surface area contributed by atoms with Crippen molar-refractivity contribution in [3.8, 4) is 0 Å². The Bertz CT molecular complexity index is 589. The Hall–Kier alpha value is -1.63. The number of aliphatic hydroxyl groups is 1. The van der Waals surface area contributed by atoms with Crippen LogP contribution in [0.4, 0.5) is 5.82 Å². The largest absolute Gasteiger partial charge is 0.395 e. The Morgan fingerprint density at radius 2 is 2.05 bits per heavy atom. The van der Waals surface area contributed by atoms with Crippen LogP contribution in [0.25, 0.3) is 5.65 Å². The van der Waals surface area contributed by atoms with Gasteiger partial charge in [0.05, 0.1) is 12.3 Å². The molecule has 21 heavy (non-hydrogen) atoms. The molecule has 0 saturated carbocycles. The summed E-state index contributed by atoms with van der Waals surface area (Å²) in [6.07, 6.45) is 2.09. The van der Waals surface area contributed by atoms with Crippen LogP contribution in [0.2, 0.25) is 0 Å². The average Bonchev–Trinajstić information content (AvgIpc) is 2.91. The summed E-state index contributed by atoms with van der Waals surface area (Å²) >= 11 is 0. The van der Waals surface area contributed by atoms with Crippen LogP contribution >= 0.6 is 0 Å². The molecule has 0 aliphatic carbocycles. The van der Waals surface area contributed by atoms with Gasteiger partial charge in [-0.25, -0.2) is 4.98 Å². The van der Waals surface area contributed by atoms with Gasteiger partial charge in [0, 0.05) is 45.5 Å². The highest BCUT2D eigenvalue weighted by Gasteiger charge is 2.16. The van der Waals surface area contributed by atoms with Gasteiger partial charge >= 0.3 is 0 Å². The van der Waals surface area contributed by atoms with Crippen molar-refractivity contribution in [3.05, 3.63) is 30.1 Å². The topological polar surface area (TPSA) is 56.0 Å². The van der Waals surface area contributed by atoms with E-state index in [1.807, 2.05) is 6.07 Å². The van der Waals surface area contributed by atoms with Gasteiger partial charge in [-0.05, 0) is 19.2 Å². The fourth-order valence-electron chi connectivity index (χ4n) is 2.72. The summed E-state index contributed by atoms with van der Waals surface area (Å²) in [6.45, 7) is 5.72. The Balaban J connectivity index is 1.82. The Labute approximate surface area is 125 Å². The first-order valence-electron chi connectivity index (χ1n) is 7.50. The number of likely N-dealkylation sites (N-methyl/N-ethyl adjacent to an activating group) is 1. The van der Waals surface area contributed by atoms with E-state index in [9.17, 15) is 0 Å². The molecule has 1 fully saturated rings. The Morgan fingerprint density at radius 1 is 1.24 bits per heavy atom. The zero-order valence-corrected chi connectivity index (χ0v) is 12.5. The van der Waals surface area contributed by atoms with E-state index in [4.69, 9.17) is 5.11 Å². The molecule has 0 unspecified atom stereocenters. The van der Waals surface area contributed by atoms with Gasteiger partial charge < -0.3 is 20.2 Å². The molecule has 0 spiro atoms. The van der Waals surface area contributed by atoms with Crippen molar-refractivity contribution in [1.29, 1.82) is 0 Å². The number of pyridine rings is 1. The lowest BCUT2D eigenvalue weighted by Gasteiger charge is -2.34. The van der Waals surface area contributed by atoms with E-state index in [1.54, 1.807) is 0 Å². The van der Waals surface area contributed by atoms with E-state index in [0.717, 1.165) is 37.5 Å². The summed E-state index contributed by atoms with van der Waals surface area (Å²) in [5.74, 6) is 1.21. The first-order valence-corrected chi connectivity index (χ1v) is 7.50. The molecule has 0 bridgehead atoms. The highest BCUT2D eigenvalue weighted by atomic mass is 16.3. The third-order valence-electron chi connectivity index (χ3n) is 3.94. The number of aliphatic hydroxyl groups excluding tert-OH is 1. The van der Waals surface area contributed by atoms with E-state index < -0.39 is 0 Å². The van der Waals surface area contributed by atoms with E-state index in [0.29, 0.717) is 13.1 Å². The van der Waals surface area contributed by atoms with E-state index in [1.165, 1.54) is 5.82 Å². The summed E-state index contributed by atoms with van der Waals surface area (Å²) in [4.78, 5) is 9.41. The molecule has 0 aromatic carbocycles. The molecular weight excluding hydrogens is 266 g/mol. The third-order valence-corrected chi connectivity index (χ3v) is 3.94. The predicted octanol–water partition coefficient (Wildman–Crippen LogP) is 0.168. The molecule has 0 radical (unpaired) electrons. The zero-order valence-electron chi connectivity index (χ0n) is 12.5. The minimum Gasteiger partial charge on any atom is -0.395 e. The summed E-state index contributed by atoms with van der Waals surface area (Å²) in [5, 5.41) is 12.0. The van der Waals surface area contributed by atoms with Crippen LogP contribution in [0.1, 0.15) is 5.69 Å². The van der Waals surface area contributed by atoms with Gasteiger partial charge in [0.1, 0.15) is 11.5 Å². The van der Waals surface area contributed by atoms with Crippen LogP contribution in [0.5, 0.6) is 0 Å². The second-order valence-corrected chi connectivity index (χ2v) is 5.54. The minimum atomic E-state index is 0.153. The van der Waals surface area contributed by atoms with Gasteiger partial charge in [-0.2, -0.15) is 0 Å². The SMILES string of the molecule is CN1CCN(c2cccc3nc(CNCCO)cn23)CC1. The molecule has 6 heteroatoms. The van der Waals surface area contributed by atoms with Gasteiger partial charge in [-0.1, -0.05) is 6.07 Å². The molecule has 3 rings (SSSR count). The van der Waals surface area contributed by atoms with Gasteiger partial charge in [0.2, 0.25) is 0 Å². The van der Waals surface area contributed by atoms with E-state index >= 15 is 0 Å². The van der Waals surface area contributed by atoms with Gasteiger partial charge in [-0.15, -0.1) is 0 Å². The minimum absolute atomic E-state index is 0.153. The molecule has 2 aromatic rings. The van der Waals surface area contributed by atoms with Crippen LogP contribution < -0.4 is 10.2 Å². The second kappa shape index (κ2) is 6.43. The molecule has 0 amide bonds. The highest BCUT2D eigenvalue weighted by Crippen LogP contribution is 2.19. The fraction of sp³-hybridized carbons (Fsp3) is 0.533. The molecule has 1 aliphatic rings. The number of imidazole rings is 1. The number of hydrogen-bond acceptors (Lipinski definition) is 5. The van der Waals surface area contributed by atoms with E-state index in [2.05, 4.69) is 49.9 Å². The molecule has 114 valence electrons. The van der Waals surface area contributed by atoms with Crippen LogP contribution in [0, 0.1) is 0 Å². The predicted molar refractivity (Wildman–Crippen MR) is 83.7 cm³/mol.